The van der Waals surface area contributed by atoms with Gasteiger partial charge in [-0.3, -0.25) is 19.2 Å². The molecule has 20 rings (SSSR count). The summed E-state index contributed by atoms with van der Waals surface area (Å²) in [6.45, 7) is 6.89. The van der Waals surface area contributed by atoms with Crippen molar-refractivity contribution in [2.45, 2.75) is 88.8 Å². The Morgan fingerprint density at radius 3 is 1.06 bits per heavy atom. The van der Waals surface area contributed by atoms with Gasteiger partial charge in [0.1, 0.15) is 81.6 Å². The van der Waals surface area contributed by atoms with Crippen molar-refractivity contribution < 1.29 is 90.0 Å². The maximum absolute atomic E-state index is 12.1. The molecule has 13 N–H and O–H groups in total. The molecule has 0 bridgehead atoms. The van der Waals surface area contributed by atoms with Gasteiger partial charge in [0.2, 0.25) is 47.3 Å². The van der Waals surface area contributed by atoms with E-state index in [2.05, 4.69) is 92.4 Å². The lowest BCUT2D eigenvalue weighted by Crippen LogP contribution is -2.26. The second kappa shape index (κ2) is 44.8. The van der Waals surface area contributed by atoms with Crippen LogP contribution in [0.5, 0.6) is 46.5 Å². The van der Waals surface area contributed by atoms with E-state index < -0.39 is 6.10 Å². The number of aromatic amines is 4. The number of hydrogen-bond donors (Lipinski definition) is 13. The summed E-state index contributed by atoms with van der Waals surface area (Å²) < 4.78 is 82.4. The number of nitrogens with one attached hydrogen (secondary N) is 12. The lowest BCUT2D eigenvalue weighted by Gasteiger charge is -2.23. The third kappa shape index (κ3) is 22.4. The van der Waals surface area contributed by atoms with Gasteiger partial charge >= 0.3 is 0 Å². The van der Waals surface area contributed by atoms with E-state index in [1.165, 1.54) is 20.6 Å². The summed E-state index contributed by atoms with van der Waals surface area (Å²) in [6, 6.07) is 31.9. The number of ether oxygens (including phenoxy) is 12. The van der Waals surface area contributed by atoms with Crippen LogP contribution < -0.4 is 80.4 Å². The van der Waals surface area contributed by atoms with Crippen LogP contribution in [-0.2, 0) is 26.0 Å². The standard InChI is InChI=1S/C28H31N5O5.C24H27N7O4.C24H25N5O5.C23H24N6O5/c1-16(34)17-5-4-6-18(13-17)21-15-30-25-24(21)27(38-20-9-11-37-12-10-20)33-28(32-25)31-22-8-7-19(26(35)29-2)14-23(22)36-3;1-25-22(32)14-4-5-17(18(12-14)33-3)28-24-29-20-19(16(13-27-20)21-26-8-9-31(21)2)23(30-24)35-15-6-10-34-11-7-15;1-25-22(30)14-5-6-17(19(12-14)31-2)27-24-28-21-20(16(13-26-21)18-4-3-9-33-18)23(29-24)34-15-7-10-32-11-8-15;1-24-21(30)13-3-4-16(17(9-13)31-2)27-23-28-20-19(15(10-26-20)18-11-25-12-33-18)22(29-23)34-14-5-7-32-8-6-14/h4-8,13-16,20,34H,9-12H2,1-3H3,(H,29,35)(H2,30,31,32,33);4-5,8-9,12-13,15H,6-7,10-11H2,1-3H3,(H,25,32)(H2,27,28,29,30);3-6,9,12-13,15H,7-8,10-11H2,1-2H3,(H,25,30)(H2,26,27,28,29);3-4,9-12,14H,5-8H2,1-2H3,(H,24,30)(H2,26,27,28,29)/t16-;;;/m0.../s1. The monoisotopic (exact) mass is 1920 g/mol. The first kappa shape index (κ1) is 96.3. The summed E-state index contributed by atoms with van der Waals surface area (Å²) >= 11 is 0. The normalized spacial score (nSPS) is 14.3. The first-order valence-electron chi connectivity index (χ1n) is 45.8. The van der Waals surface area contributed by atoms with Crippen LogP contribution in [0, 0.1) is 0 Å². The molecule has 0 spiro atoms. The molecule has 16 aromatic rings. The number of hydrogen-bond acceptors (Lipinski definition) is 33. The Morgan fingerprint density at radius 1 is 0.411 bits per heavy atom. The van der Waals surface area contributed by atoms with Gasteiger partial charge in [-0.15, -0.1) is 0 Å². The third-order valence-electron chi connectivity index (χ3n) is 23.8. The molecule has 0 aliphatic carbocycles. The van der Waals surface area contributed by atoms with E-state index in [-0.39, 0.29) is 48.0 Å². The van der Waals surface area contributed by atoms with Crippen LogP contribution in [0.3, 0.4) is 0 Å². The van der Waals surface area contributed by atoms with E-state index in [0.717, 1.165) is 107 Å². The van der Waals surface area contributed by atoms with Crippen LogP contribution in [0.15, 0.2) is 174 Å². The third-order valence-corrected chi connectivity index (χ3v) is 23.8. The fourth-order valence-electron chi connectivity index (χ4n) is 16.3. The Kier molecular flexibility index (Phi) is 30.6. The van der Waals surface area contributed by atoms with Crippen LogP contribution in [0.1, 0.15) is 111 Å². The lowest BCUT2D eigenvalue weighted by molar-refractivity contribution is 0.0242. The zero-order valence-corrected chi connectivity index (χ0v) is 79.0. The van der Waals surface area contributed by atoms with Crippen molar-refractivity contribution in [1.29, 1.82) is 0 Å². The maximum Gasteiger partial charge on any atom is 0.251 e. The van der Waals surface area contributed by atoms with Crippen LogP contribution in [0.4, 0.5) is 46.5 Å². The molecule has 42 nitrogen and oxygen atoms in total. The second-order valence-electron chi connectivity index (χ2n) is 32.8. The van der Waals surface area contributed by atoms with E-state index in [1.807, 2.05) is 72.8 Å². The van der Waals surface area contributed by atoms with Gasteiger partial charge in [0.25, 0.3) is 23.6 Å². The Balaban J connectivity index is 0.000000130. The van der Waals surface area contributed by atoms with Crippen LogP contribution >= 0.6 is 0 Å². The van der Waals surface area contributed by atoms with E-state index in [9.17, 15) is 24.3 Å². The number of aryl methyl sites for hydroxylation is 1. The van der Waals surface area contributed by atoms with Gasteiger partial charge in [-0.1, -0.05) is 18.2 Å². The van der Waals surface area contributed by atoms with Crippen molar-refractivity contribution in [3.05, 3.63) is 193 Å². The predicted molar refractivity (Wildman–Crippen MR) is 524 cm³/mol. The molecule has 141 heavy (non-hydrogen) atoms. The molecular formula is C99H107N23O19. The average molecular weight is 1920 g/mol. The minimum absolute atomic E-state index is 0.0135. The number of carbonyl (C=O) groups excluding carboxylic acids is 4. The van der Waals surface area contributed by atoms with E-state index in [4.69, 9.17) is 85.6 Å². The maximum atomic E-state index is 12.1. The number of anilines is 8. The van der Waals surface area contributed by atoms with Crippen molar-refractivity contribution in [2.24, 2.45) is 7.05 Å². The Morgan fingerprint density at radius 2 is 0.752 bits per heavy atom. The Hall–Kier alpha value is -16.4. The van der Waals surface area contributed by atoms with Crippen molar-refractivity contribution in [3.63, 3.8) is 0 Å². The van der Waals surface area contributed by atoms with Crippen LogP contribution in [0.2, 0.25) is 0 Å². The van der Waals surface area contributed by atoms with E-state index in [0.29, 0.717) is 208 Å². The van der Waals surface area contributed by atoms with Gasteiger partial charge in [-0.25, -0.2) is 9.97 Å². The quantitative estimate of drug-likeness (QED) is 0.0207. The molecule has 1 atom stereocenters. The van der Waals surface area contributed by atoms with Crippen LogP contribution in [-0.4, -0.2) is 237 Å². The predicted octanol–water partition coefficient (Wildman–Crippen LogP) is 14.5. The van der Waals surface area contributed by atoms with Gasteiger partial charge in [-0.2, -0.15) is 39.9 Å². The highest BCUT2D eigenvalue weighted by Crippen LogP contribution is 2.44. The number of aliphatic hydroxyl groups is 1. The number of furan rings is 1. The number of carbonyl (C=O) groups is 4. The summed E-state index contributed by atoms with van der Waals surface area (Å²) in [5.41, 5.74) is 11.8. The number of nitrogens with zero attached hydrogens (tertiary/aromatic N) is 11. The number of imidazole rings is 1. The Bertz CT molecular complexity index is 6850. The highest BCUT2D eigenvalue weighted by atomic mass is 16.5. The highest BCUT2D eigenvalue weighted by Gasteiger charge is 2.31. The molecule has 42 heteroatoms. The fraction of sp³-hybridized carbons (Fsp3) is 0.313. The minimum atomic E-state index is -0.588. The van der Waals surface area contributed by atoms with E-state index >= 15 is 0 Å². The molecule has 0 saturated carbocycles. The van der Waals surface area contributed by atoms with Gasteiger partial charge in [-0.05, 0) is 109 Å². The fourth-order valence-corrected chi connectivity index (χ4v) is 16.3. The molecule has 4 amide bonds. The first-order valence-corrected chi connectivity index (χ1v) is 45.8. The van der Waals surface area contributed by atoms with Gasteiger partial charge in [0, 0.05) is 163 Å². The zero-order valence-electron chi connectivity index (χ0n) is 79.0. The largest absolute Gasteiger partial charge is 0.495 e. The minimum Gasteiger partial charge on any atom is -0.495 e. The molecule has 4 aliphatic heterocycles. The number of fused-ring (bicyclic) bond motifs is 4. The van der Waals surface area contributed by atoms with Crippen molar-refractivity contribution in [2.75, 3.05) is 131 Å². The number of aromatic nitrogens is 15. The van der Waals surface area contributed by atoms with Gasteiger partial charge < -0.3 is 138 Å². The number of aliphatic hydroxyl groups excluding tert-OH is 1. The van der Waals surface area contributed by atoms with E-state index in [1.54, 1.807) is 147 Å². The summed E-state index contributed by atoms with van der Waals surface area (Å²) in [7, 11) is 14.4. The number of amides is 4. The lowest BCUT2D eigenvalue weighted by atomic mass is 10.0. The number of H-pyrrole nitrogens is 4. The molecule has 4 aliphatic rings. The molecule has 0 unspecified atom stereocenters. The van der Waals surface area contributed by atoms with Crippen molar-refractivity contribution in [3.8, 4) is 91.7 Å². The summed E-state index contributed by atoms with van der Waals surface area (Å²) in [4.78, 5) is 107. The topological polar surface area (TPSA) is 519 Å². The molecule has 15 heterocycles. The molecule has 11 aromatic heterocycles. The number of methoxy groups -OCH3 is 4. The molecule has 0 radical (unpaired) electrons. The molecule has 732 valence electrons. The molecular weight excluding hydrogens is 1820 g/mol. The van der Waals surface area contributed by atoms with Gasteiger partial charge in [0.15, 0.2) is 12.2 Å². The number of benzene rings is 5. The smallest absolute Gasteiger partial charge is 0.251 e. The van der Waals surface area contributed by atoms with Crippen molar-refractivity contribution >= 4 is 114 Å². The first-order chi connectivity index (χ1) is 68.8. The number of rotatable bonds is 29. The summed E-state index contributed by atoms with van der Waals surface area (Å²) in [6.07, 6.45) is 21.1. The van der Waals surface area contributed by atoms with Crippen LogP contribution in [0.25, 0.3) is 89.3 Å². The highest BCUT2D eigenvalue weighted by molar-refractivity contribution is 6.02. The number of oxazole rings is 1. The molecule has 4 fully saturated rings. The summed E-state index contributed by atoms with van der Waals surface area (Å²) in [5, 5.41) is 36.3. The molecule has 5 aromatic carbocycles. The Labute approximate surface area is 807 Å². The van der Waals surface area contributed by atoms with Crippen molar-refractivity contribution in [1.82, 2.24) is 95.6 Å². The summed E-state index contributed by atoms with van der Waals surface area (Å²) in [5.74, 6) is 6.24. The zero-order chi connectivity index (χ0) is 98.0. The second-order valence-corrected chi connectivity index (χ2v) is 32.8. The SMILES string of the molecule is CNC(=O)c1ccc(Nc2nc(OC3CCOCC3)c3c(-c4cccc([C@H](C)O)c4)c[nH]c3n2)c(OC)c1.CNC(=O)c1ccc(Nc2nc(OC3CCOCC3)c3c(-c4ccco4)c[nH]c3n2)c(OC)c1.CNC(=O)c1ccc(Nc2nc(OC3CCOCC3)c3c(-c4cnco4)c[nH]c3n2)c(OC)c1.CNC(=O)c1ccc(Nc2nc(OC3CCOCC3)c3c(-c4nccn4C)c[nH]c3n2)c(OC)c1. The average Bonchev–Trinajstić information content (AvgIpc) is 1.64. The van der Waals surface area contributed by atoms with Gasteiger partial charge in [0.05, 0.1) is 150 Å². The molecule has 4 saturated heterocycles.